The maximum Gasteiger partial charge on any atom is 0.314 e. The third kappa shape index (κ3) is 4.93. The van der Waals surface area contributed by atoms with Gasteiger partial charge in [0.05, 0.1) is 6.07 Å². The highest BCUT2D eigenvalue weighted by Crippen LogP contribution is 2.33. The number of nitrogens with zero attached hydrogens (tertiary/aromatic N) is 4. The number of pyridine rings is 2. The number of fused-ring (bicyclic) bond motifs is 1. The normalized spacial score (nSPS) is 16.6. The van der Waals surface area contributed by atoms with Crippen molar-refractivity contribution in [3.8, 4) is 17.2 Å². The molecule has 0 bridgehead atoms. The number of piperidine rings is 1. The molecule has 1 aliphatic carbocycles. The molecule has 3 heterocycles. The van der Waals surface area contributed by atoms with Crippen molar-refractivity contribution < 1.29 is 14.4 Å². The second-order valence-corrected chi connectivity index (χ2v) is 9.75. The molecule has 1 saturated carbocycles. The number of amides is 3. The second kappa shape index (κ2) is 9.50. The first-order chi connectivity index (χ1) is 17.8. The summed E-state index contributed by atoms with van der Waals surface area (Å²) in [4.78, 5) is 47.8. The van der Waals surface area contributed by atoms with Crippen LogP contribution in [0.4, 0.5) is 11.5 Å². The lowest BCUT2D eigenvalue weighted by atomic mass is 9.88. The fourth-order valence-electron chi connectivity index (χ4n) is 4.69. The molecule has 1 aliphatic heterocycles. The molecule has 5 rings (SSSR count). The van der Waals surface area contributed by atoms with Gasteiger partial charge in [0.15, 0.2) is 0 Å². The number of aryl methyl sites for hydroxylation is 1. The maximum atomic E-state index is 12.7. The van der Waals surface area contributed by atoms with E-state index in [1.165, 1.54) is 0 Å². The molecule has 0 atom stereocenters. The number of anilines is 2. The fourth-order valence-corrected chi connectivity index (χ4v) is 4.69. The van der Waals surface area contributed by atoms with Gasteiger partial charge in [0, 0.05) is 67.1 Å². The Morgan fingerprint density at radius 2 is 1.89 bits per heavy atom. The summed E-state index contributed by atoms with van der Waals surface area (Å²) in [5.74, 6) is -1.46. The van der Waals surface area contributed by atoms with E-state index in [0.717, 1.165) is 34.9 Å². The molecule has 0 radical (unpaired) electrons. The van der Waals surface area contributed by atoms with Crippen LogP contribution in [-0.2, 0) is 14.4 Å². The van der Waals surface area contributed by atoms with Crippen molar-refractivity contribution in [3.63, 3.8) is 0 Å². The monoisotopic (exact) mass is 497 g/mol. The molecule has 1 aromatic carbocycles. The van der Waals surface area contributed by atoms with E-state index < -0.39 is 17.4 Å². The molecule has 2 aromatic heterocycles. The number of hydrogen-bond acceptors (Lipinski definition) is 7. The number of aromatic nitrogens is 2. The van der Waals surface area contributed by atoms with Crippen molar-refractivity contribution in [2.75, 3.05) is 24.1 Å². The highest BCUT2D eigenvalue weighted by Gasteiger charge is 2.41. The van der Waals surface area contributed by atoms with E-state index in [4.69, 9.17) is 5.73 Å². The number of nitrogen functional groups attached to an aromatic ring is 1. The Bertz CT molecular complexity index is 1450. The summed E-state index contributed by atoms with van der Waals surface area (Å²) in [6, 6.07) is 9.48. The van der Waals surface area contributed by atoms with Gasteiger partial charge in [0.25, 0.3) is 0 Å². The lowest BCUT2D eigenvalue weighted by molar-refractivity contribution is -0.138. The Labute approximate surface area is 213 Å². The van der Waals surface area contributed by atoms with Crippen LogP contribution in [0.25, 0.3) is 21.9 Å². The minimum absolute atomic E-state index is 0.101. The minimum atomic E-state index is -1.20. The van der Waals surface area contributed by atoms with Gasteiger partial charge in [-0.25, -0.2) is 4.98 Å². The largest absolute Gasteiger partial charge is 0.398 e. The quantitative estimate of drug-likeness (QED) is 0.370. The molecule has 37 heavy (non-hydrogen) atoms. The van der Waals surface area contributed by atoms with E-state index >= 15 is 0 Å². The Morgan fingerprint density at radius 1 is 1.14 bits per heavy atom. The van der Waals surface area contributed by atoms with E-state index in [0.29, 0.717) is 24.2 Å². The summed E-state index contributed by atoms with van der Waals surface area (Å²) in [5.41, 5.74) is 8.44. The number of hydrogen-bond donors (Lipinski definition) is 3. The molecule has 2 fully saturated rings. The van der Waals surface area contributed by atoms with Crippen molar-refractivity contribution in [1.29, 1.82) is 5.26 Å². The third-order valence-electron chi connectivity index (χ3n) is 7.09. The van der Waals surface area contributed by atoms with Gasteiger partial charge in [0.2, 0.25) is 5.91 Å². The molecule has 188 valence electrons. The molecular weight excluding hydrogens is 470 g/mol. The van der Waals surface area contributed by atoms with Gasteiger partial charge in [-0.1, -0.05) is 0 Å². The molecule has 3 aromatic rings. The number of benzene rings is 1. The Hall–Kier alpha value is -4.52. The van der Waals surface area contributed by atoms with E-state index in [1.807, 2.05) is 25.1 Å². The third-order valence-corrected chi connectivity index (χ3v) is 7.09. The number of carbonyl (C=O) groups excluding carboxylic acids is 3. The molecular formula is C27H27N7O3. The van der Waals surface area contributed by atoms with Crippen LogP contribution in [0.5, 0.6) is 0 Å². The van der Waals surface area contributed by atoms with Crippen LogP contribution in [0.15, 0.2) is 42.9 Å². The van der Waals surface area contributed by atoms with Crippen molar-refractivity contribution in [2.45, 2.75) is 38.1 Å². The average molecular weight is 498 g/mol. The van der Waals surface area contributed by atoms with Crippen molar-refractivity contribution >= 4 is 40.0 Å². The van der Waals surface area contributed by atoms with Gasteiger partial charge in [0.1, 0.15) is 11.4 Å². The summed E-state index contributed by atoms with van der Waals surface area (Å²) >= 11 is 0. The fraction of sp³-hybridized carbons (Fsp3) is 0.333. The lowest BCUT2D eigenvalue weighted by Crippen LogP contribution is -2.57. The van der Waals surface area contributed by atoms with Crippen molar-refractivity contribution in [2.24, 2.45) is 5.92 Å². The van der Waals surface area contributed by atoms with Crippen LogP contribution < -0.4 is 16.4 Å². The zero-order valence-corrected chi connectivity index (χ0v) is 20.5. The zero-order valence-electron chi connectivity index (χ0n) is 20.5. The smallest absolute Gasteiger partial charge is 0.314 e. The lowest BCUT2D eigenvalue weighted by Gasteiger charge is -2.37. The van der Waals surface area contributed by atoms with Crippen molar-refractivity contribution in [3.05, 3.63) is 48.4 Å². The van der Waals surface area contributed by atoms with Crippen molar-refractivity contribution in [1.82, 2.24) is 20.2 Å². The summed E-state index contributed by atoms with van der Waals surface area (Å²) in [5, 5.41) is 16.3. The first kappa shape index (κ1) is 24.2. The summed E-state index contributed by atoms with van der Waals surface area (Å²) in [6.45, 7) is 2.73. The van der Waals surface area contributed by atoms with Gasteiger partial charge in [-0.3, -0.25) is 19.4 Å². The molecule has 0 unspecified atom stereocenters. The average Bonchev–Trinajstić information content (AvgIpc) is 3.74. The van der Waals surface area contributed by atoms with Crippen LogP contribution >= 0.6 is 0 Å². The van der Waals surface area contributed by atoms with Gasteiger partial charge >= 0.3 is 11.8 Å². The number of likely N-dealkylation sites (tertiary alicyclic amines) is 1. The van der Waals surface area contributed by atoms with Gasteiger partial charge in [-0.15, -0.1) is 0 Å². The van der Waals surface area contributed by atoms with Crippen LogP contribution in [0.3, 0.4) is 0 Å². The number of carbonyl (C=O) groups is 3. The van der Waals surface area contributed by atoms with E-state index in [-0.39, 0.29) is 30.5 Å². The highest BCUT2D eigenvalue weighted by atomic mass is 16.2. The minimum Gasteiger partial charge on any atom is -0.398 e. The molecule has 3 amide bonds. The van der Waals surface area contributed by atoms with E-state index in [2.05, 4.69) is 26.7 Å². The predicted molar refractivity (Wildman–Crippen MR) is 138 cm³/mol. The second-order valence-electron chi connectivity index (χ2n) is 9.75. The number of nitrogens with one attached hydrogen (secondary N) is 2. The molecule has 0 spiro atoms. The zero-order chi connectivity index (χ0) is 26.2. The standard InChI is InChI=1S/C27H27N7O3/c1-16-4-7-30-13-20(16)18-10-19-12-23(31-14-21(19)22(29)11-18)32-24(35)25(36)33-27(15-28)5-8-34(9-6-27)26(37)17-2-3-17/h4,7,10-14,17H,2-3,5-6,8-9,29H2,1H3,(H,33,36)(H,31,32,35). The first-order valence-corrected chi connectivity index (χ1v) is 12.2. The van der Waals surface area contributed by atoms with E-state index in [9.17, 15) is 19.6 Å². The van der Waals surface area contributed by atoms with Gasteiger partial charge in [-0.2, -0.15) is 5.26 Å². The van der Waals surface area contributed by atoms with Crippen LogP contribution in [-0.4, -0.2) is 51.2 Å². The molecule has 2 aliphatic rings. The predicted octanol–water partition coefficient (Wildman–Crippen LogP) is 2.54. The van der Waals surface area contributed by atoms with E-state index in [1.54, 1.807) is 29.6 Å². The SMILES string of the molecule is Cc1ccncc1-c1cc(N)c2cnc(NC(=O)C(=O)NC3(C#N)CCN(C(=O)C4CC4)CC3)cc2c1. The highest BCUT2D eigenvalue weighted by molar-refractivity contribution is 6.39. The van der Waals surface area contributed by atoms with Gasteiger partial charge in [-0.05, 0) is 60.5 Å². The van der Waals surface area contributed by atoms with Crippen LogP contribution in [0.2, 0.25) is 0 Å². The maximum absolute atomic E-state index is 12.7. The Balaban J connectivity index is 1.28. The molecule has 4 N–H and O–H groups in total. The number of rotatable bonds is 4. The molecule has 1 saturated heterocycles. The summed E-state index contributed by atoms with van der Waals surface area (Å²) in [7, 11) is 0. The Kier molecular flexibility index (Phi) is 6.21. The molecule has 10 nitrogen and oxygen atoms in total. The van der Waals surface area contributed by atoms with Gasteiger partial charge < -0.3 is 21.3 Å². The Morgan fingerprint density at radius 3 is 2.57 bits per heavy atom. The molecule has 10 heteroatoms. The number of nitrogens with two attached hydrogens (primary N) is 1. The summed E-state index contributed by atoms with van der Waals surface area (Å²) in [6.07, 6.45) is 7.39. The first-order valence-electron chi connectivity index (χ1n) is 12.2. The van der Waals surface area contributed by atoms with Crippen LogP contribution in [0, 0.1) is 24.2 Å². The summed E-state index contributed by atoms with van der Waals surface area (Å²) < 4.78 is 0. The van der Waals surface area contributed by atoms with Crippen LogP contribution in [0.1, 0.15) is 31.2 Å². The number of nitriles is 1. The topological polar surface area (TPSA) is 154 Å².